The van der Waals surface area contributed by atoms with Gasteiger partial charge in [-0.15, -0.1) is 0 Å². The lowest BCUT2D eigenvalue weighted by molar-refractivity contribution is -0.136. The quantitative estimate of drug-likeness (QED) is 0.531. The van der Waals surface area contributed by atoms with E-state index in [-0.39, 0.29) is 29.4 Å². The first-order valence-electron chi connectivity index (χ1n) is 10.9. The minimum Gasteiger partial charge on any atom is -0.382 e. The third-order valence-electron chi connectivity index (χ3n) is 6.42. The van der Waals surface area contributed by atoms with Gasteiger partial charge in [0.15, 0.2) is 0 Å². The monoisotopic (exact) mass is 471 g/mol. The van der Waals surface area contributed by atoms with E-state index in [2.05, 4.69) is 4.72 Å². The van der Waals surface area contributed by atoms with E-state index in [1.165, 1.54) is 25.5 Å². The van der Waals surface area contributed by atoms with Gasteiger partial charge in [0.1, 0.15) is 16.7 Å². The molecule has 2 atom stereocenters. The van der Waals surface area contributed by atoms with Crippen LogP contribution >= 0.6 is 0 Å². The van der Waals surface area contributed by atoms with Crippen LogP contribution in [0.1, 0.15) is 51.9 Å². The lowest BCUT2D eigenvalue weighted by Crippen LogP contribution is -2.52. The van der Waals surface area contributed by atoms with Gasteiger partial charge in [-0.25, -0.2) is 8.93 Å². The maximum absolute atomic E-state index is 12.6. The van der Waals surface area contributed by atoms with E-state index in [1.54, 1.807) is 12.1 Å². The predicted molar refractivity (Wildman–Crippen MR) is 120 cm³/mol. The van der Waals surface area contributed by atoms with Crippen LogP contribution in [0.5, 0.6) is 5.75 Å². The van der Waals surface area contributed by atoms with Crippen molar-refractivity contribution in [2.24, 2.45) is 11.7 Å². The Morgan fingerprint density at radius 3 is 2.32 bits per heavy atom. The molecule has 0 spiro atoms. The number of carbonyl (C=O) groups excluding carboxylic acids is 1. The molecule has 2 aliphatic carbocycles. The molecule has 1 amide bonds. The van der Waals surface area contributed by atoms with E-state index < -0.39 is 27.1 Å². The summed E-state index contributed by atoms with van der Waals surface area (Å²) in [6, 6.07) is 6.16. The highest BCUT2D eigenvalue weighted by Gasteiger charge is 2.34. The minimum atomic E-state index is -3.58. The first-order chi connectivity index (χ1) is 14.7. The summed E-state index contributed by atoms with van der Waals surface area (Å²) in [5.41, 5.74) is 6.29. The van der Waals surface area contributed by atoms with Crippen molar-refractivity contribution in [3.05, 3.63) is 24.3 Å². The first kappa shape index (κ1) is 24.2. The van der Waals surface area contributed by atoms with Gasteiger partial charge in [-0.2, -0.15) is 8.42 Å². The molecule has 2 saturated carbocycles. The van der Waals surface area contributed by atoms with Crippen molar-refractivity contribution in [2.75, 3.05) is 12.8 Å². The summed E-state index contributed by atoms with van der Waals surface area (Å²) in [4.78, 5) is 15.0. The van der Waals surface area contributed by atoms with Crippen LogP contribution in [0.3, 0.4) is 0 Å². The van der Waals surface area contributed by atoms with Crippen molar-refractivity contribution in [2.45, 2.75) is 74.9 Å². The molecule has 2 aliphatic rings. The molecule has 0 aliphatic heterocycles. The number of nitrogens with two attached hydrogens (primary N) is 1. The van der Waals surface area contributed by atoms with Crippen molar-refractivity contribution in [1.82, 2.24) is 9.62 Å². The largest absolute Gasteiger partial charge is 0.382 e. The maximum Gasteiger partial charge on any atom is 0.308 e. The van der Waals surface area contributed by atoms with E-state index >= 15 is 0 Å². The number of rotatable bonds is 9. The van der Waals surface area contributed by atoms with Gasteiger partial charge in [-0.1, -0.05) is 0 Å². The molecular formula is C21H33N3O5S2. The molecule has 1 aromatic carbocycles. The molecule has 1 aromatic rings. The molecule has 2 fully saturated rings. The summed E-state index contributed by atoms with van der Waals surface area (Å²) >= 11 is 0. The van der Waals surface area contributed by atoms with Crippen LogP contribution in [0.15, 0.2) is 29.2 Å². The fraction of sp³-hybridized carbons (Fsp3) is 0.667. The molecule has 0 radical (unpaired) electrons. The molecule has 0 aromatic heterocycles. The zero-order valence-electron chi connectivity index (χ0n) is 18.2. The molecule has 3 N–H and O–H groups in total. The highest BCUT2D eigenvalue weighted by Crippen LogP contribution is 2.30. The first-order valence-corrected chi connectivity index (χ1v) is 13.7. The van der Waals surface area contributed by atoms with Crippen LogP contribution in [0.25, 0.3) is 0 Å². The maximum atomic E-state index is 12.6. The van der Waals surface area contributed by atoms with Crippen LogP contribution in [-0.2, 0) is 25.9 Å². The van der Waals surface area contributed by atoms with E-state index in [4.69, 9.17) is 9.92 Å². The molecule has 0 saturated heterocycles. The molecule has 0 heterocycles. The van der Waals surface area contributed by atoms with E-state index in [1.807, 2.05) is 11.9 Å². The third-order valence-corrected chi connectivity index (χ3v) is 8.82. The number of carbonyl (C=O) groups is 1. The molecule has 10 heteroatoms. The summed E-state index contributed by atoms with van der Waals surface area (Å²) < 4.78 is 43.8. The third kappa shape index (κ3) is 6.27. The Balaban J connectivity index is 1.47. The van der Waals surface area contributed by atoms with Crippen LogP contribution in [-0.4, -0.2) is 54.4 Å². The Morgan fingerprint density at radius 1 is 1.19 bits per heavy atom. The zero-order valence-corrected chi connectivity index (χ0v) is 19.8. The molecule has 8 nitrogen and oxygen atoms in total. The number of nitrogens with zero attached hydrogens (tertiary/aromatic N) is 1. The molecule has 174 valence electrons. The Bertz CT molecular complexity index is 879. The van der Waals surface area contributed by atoms with Crippen LogP contribution in [0.4, 0.5) is 0 Å². The summed E-state index contributed by atoms with van der Waals surface area (Å²) in [5, 5.41) is 0. The van der Waals surface area contributed by atoms with Gasteiger partial charge in [-0.3, -0.25) is 4.79 Å². The van der Waals surface area contributed by atoms with Gasteiger partial charge in [0.2, 0.25) is 5.91 Å². The zero-order chi connectivity index (χ0) is 22.6. The van der Waals surface area contributed by atoms with Crippen LogP contribution in [0, 0.1) is 5.92 Å². The Labute approximate surface area is 187 Å². The SMILES string of the molecule is CCS(=O)(=O)Oc1ccc(S(=O)NC2CCC([C@H](N)C(=O)N(C)C3CCC3)CC2)cc1. The molecule has 3 rings (SSSR count). The molecule has 1 unspecified atom stereocenters. The van der Waals surface area contributed by atoms with Crippen LogP contribution in [0.2, 0.25) is 0 Å². The summed E-state index contributed by atoms with van der Waals surface area (Å²) in [6.07, 6.45) is 6.57. The number of likely N-dealkylation sites (N-methyl/N-ethyl adjacent to an activating group) is 1. The van der Waals surface area contributed by atoms with Gasteiger partial charge in [0.25, 0.3) is 0 Å². The van der Waals surface area contributed by atoms with Gasteiger partial charge in [0, 0.05) is 19.1 Å². The average Bonchev–Trinajstić information content (AvgIpc) is 2.72. The summed E-state index contributed by atoms with van der Waals surface area (Å²) in [5.74, 6) is 0.279. The van der Waals surface area contributed by atoms with Crippen molar-refractivity contribution in [3.63, 3.8) is 0 Å². The highest BCUT2D eigenvalue weighted by atomic mass is 32.2. The number of nitrogens with one attached hydrogen (secondary N) is 1. The van der Waals surface area contributed by atoms with Gasteiger partial charge in [-0.05, 0) is 82.1 Å². The standard InChI is InChI=1S/C21H33N3O5S2/c1-3-31(27,28)29-18-11-13-19(14-12-18)30(26)23-16-9-7-15(8-10-16)20(22)21(25)24(2)17-5-4-6-17/h11-17,20,23H,3-10,22H2,1-2H3/t15?,16?,20-,30?/m0/s1. The second-order valence-electron chi connectivity index (χ2n) is 8.46. The summed E-state index contributed by atoms with van der Waals surface area (Å²) in [7, 11) is -3.14. The normalized spacial score (nSPS) is 24.1. The number of benzene rings is 1. The van der Waals surface area contributed by atoms with E-state index in [0.29, 0.717) is 10.9 Å². The Kier molecular flexibility index (Phi) is 8.12. The second kappa shape index (κ2) is 10.4. The van der Waals surface area contributed by atoms with Crippen molar-refractivity contribution in [3.8, 4) is 5.75 Å². The molecule has 0 bridgehead atoms. The van der Waals surface area contributed by atoms with Crippen LogP contribution < -0.4 is 14.6 Å². The summed E-state index contributed by atoms with van der Waals surface area (Å²) in [6.45, 7) is 1.51. The number of hydrogen-bond acceptors (Lipinski definition) is 6. The van der Waals surface area contributed by atoms with Gasteiger partial charge in [0.05, 0.1) is 16.7 Å². The van der Waals surface area contributed by atoms with E-state index in [9.17, 15) is 17.4 Å². The second-order valence-corrected chi connectivity index (χ2v) is 11.6. The van der Waals surface area contributed by atoms with Crippen molar-refractivity contribution in [1.29, 1.82) is 0 Å². The highest BCUT2D eigenvalue weighted by molar-refractivity contribution is 7.87. The average molecular weight is 472 g/mol. The van der Waals surface area contributed by atoms with Crippen molar-refractivity contribution >= 4 is 27.0 Å². The van der Waals surface area contributed by atoms with E-state index in [0.717, 1.165) is 38.5 Å². The van der Waals surface area contributed by atoms with Crippen molar-refractivity contribution < 1.29 is 21.6 Å². The molecule has 31 heavy (non-hydrogen) atoms. The number of hydrogen-bond donors (Lipinski definition) is 2. The smallest absolute Gasteiger partial charge is 0.308 e. The Morgan fingerprint density at radius 2 is 1.81 bits per heavy atom. The predicted octanol–water partition coefficient (Wildman–Crippen LogP) is 1.92. The topological polar surface area (TPSA) is 119 Å². The van der Waals surface area contributed by atoms with Gasteiger partial charge >= 0.3 is 10.1 Å². The fourth-order valence-electron chi connectivity index (χ4n) is 4.03. The Hall–Kier alpha value is -1.49. The number of amides is 1. The molecular weight excluding hydrogens is 438 g/mol. The van der Waals surface area contributed by atoms with Gasteiger partial charge < -0.3 is 14.8 Å². The fourth-order valence-corrected chi connectivity index (χ4v) is 5.61. The lowest BCUT2D eigenvalue weighted by atomic mass is 9.81. The lowest BCUT2D eigenvalue weighted by Gasteiger charge is -2.38. The minimum absolute atomic E-state index is 0.0390.